The van der Waals surface area contributed by atoms with Gasteiger partial charge in [0.2, 0.25) is 0 Å². The molecule has 2 fully saturated rings. The van der Waals surface area contributed by atoms with Crippen molar-refractivity contribution in [2.45, 2.75) is 97.6 Å². The predicted octanol–water partition coefficient (Wildman–Crippen LogP) is 3.93. The van der Waals surface area contributed by atoms with Gasteiger partial charge in [0.15, 0.2) is 0 Å². The van der Waals surface area contributed by atoms with Gasteiger partial charge in [-0.2, -0.15) is 0 Å². The molecule has 194 valence electrons. The van der Waals surface area contributed by atoms with Crippen molar-refractivity contribution in [3.63, 3.8) is 0 Å². The highest BCUT2D eigenvalue weighted by Gasteiger charge is 2.54. The van der Waals surface area contributed by atoms with Crippen LogP contribution in [0.15, 0.2) is 37.1 Å². The lowest BCUT2D eigenvalue weighted by Gasteiger charge is -2.34. The van der Waals surface area contributed by atoms with Crippen LogP contribution in [0.2, 0.25) is 0 Å². The molecular formula is C26H39B2N3O5. The fraction of sp³-hybridized carbons (Fsp3) is 0.654. The minimum absolute atomic E-state index is 0.131. The molecule has 2 aromatic rings. The summed E-state index contributed by atoms with van der Waals surface area (Å²) in [6.07, 6.45) is 7.03. The third-order valence-electron chi connectivity index (χ3n) is 8.15. The van der Waals surface area contributed by atoms with Crippen LogP contribution in [0.25, 0.3) is 0 Å². The fourth-order valence-electron chi connectivity index (χ4n) is 4.41. The third kappa shape index (κ3) is 5.11. The zero-order valence-electron chi connectivity index (χ0n) is 23.3. The minimum Gasteiger partial charge on any atom is -0.399 e. The van der Waals surface area contributed by atoms with E-state index < -0.39 is 36.8 Å². The summed E-state index contributed by atoms with van der Waals surface area (Å²) >= 11 is 0. The Bertz CT molecular complexity index is 1030. The van der Waals surface area contributed by atoms with Crippen molar-refractivity contribution < 1.29 is 23.3 Å². The average molecular weight is 495 g/mol. The molecule has 2 aliphatic heterocycles. The standard InChI is InChI=1S/C26H39B2N3O5/c1-22(2,16-32-28-35-25(7,8)26(9,10)36-28)21(18-13-29-17-30-14-18)20-12-11-19(15-31-20)27-33-23(3,4)24(5,6)34-27/h11-15,17,21H,16H2,1-10H3. The summed E-state index contributed by atoms with van der Waals surface area (Å²) in [6.45, 7) is 20.9. The molecule has 0 aliphatic carbocycles. The number of rotatable bonds is 7. The second kappa shape index (κ2) is 9.17. The number of hydrogen-bond acceptors (Lipinski definition) is 8. The highest BCUT2D eigenvalue weighted by molar-refractivity contribution is 6.62. The normalized spacial score (nSPS) is 23.2. The first kappa shape index (κ1) is 27.2. The highest BCUT2D eigenvalue weighted by atomic mass is 16.8. The van der Waals surface area contributed by atoms with Crippen LogP contribution in [0.5, 0.6) is 0 Å². The van der Waals surface area contributed by atoms with Gasteiger partial charge in [-0.25, -0.2) is 9.97 Å². The molecule has 0 aromatic carbocycles. The quantitative estimate of drug-likeness (QED) is 0.535. The zero-order valence-corrected chi connectivity index (χ0v) is 23.3. The van der Waals surface area contributed by atoms with Crippen LogP contribution in [0.4, 0.5) is 0 Å². The molecular weight excluding hydrogens is 456 g/mol. The second-order valence-corrected chi connectivity index (χ2v) is 12.6. The topological polar surface area (TPSA) is 84.8 Å². The second-order valence-electron chi connectivity index (χ2n) is 12.6. The van der Waals surface area contributed by atoms with E-state index in [-0.39, 0.29) is 11.3 Å². The van der Waals surface area contributed by atoms with Gasteiger partial charge in [0.25, 0.3) is 0 Å². The molecule has 0 spiro atoms. The Hall–Kier alpha value is -1.84. The van der Waals surface area contributed by atoms with Gasteiger partial charge in [0, 0.05) is 42.3 Å². The minimum atomic E-state index is -0.736. The molecule has 1 unspecified atom stereocenters. The van der Waals surface area contributed by atoms with Gasteiger partial charge in [-0.1, -0.05) is 19.9 Å². The Morgan fingerprint density at radius 3 is 1.83 bits per heavy atom. The van der Waals surface area contributed by atoms with Crippen LogP contribution in [-0.2, 0) is 23.3 Å². The molecule has 0 amide bonds. The van der Waals surface area contributed by atoms with Gasteiger partial charge >= 0.3 is 14.4 Å². The van der Waals surface area contributed by atoms with Gasteiger partial charge in [0.1, 0.15) is 6.33 Å². The van der Waals surface area contributed by atoms with Gasteiger partial charge < -0.3 is 23.3 Å². The molecule has 36 heavy (non-hydrogen) atoms. The van der Waals surface area contributed by atoms with Gasteiger partial charge in [-0.3, -0.25) is 4.98 Å². The summed E-state index contributed by atoms with van der Waals surface area (Å²) < 4.78 is 30.7. The lowest BCUT2D eigenvalue weighted by Crippen LogP contribution is -2.41. The highest BCUT2D eigenvalue weighted by Crippen LogP contribution is 2.42. The Morgan fingerprint density at radius 2 is 1.33 bits per heavy atom. The molecule has 2 aromatic heterocycles. The lowest BCUT2D eigenvalue weighted by atomic mass is 9.73. The van der Waals surface area contributed by atoms with E-state index in [1.54, 1.807) is 0 Å². The monoisotopic (exact) mass is 495 g/mol. The van der Waals surface area contributed by atoms with Gasteiger partial charge in [-0.05, 0) is 72.4 Å². The van der Waals surface area contributed by atoms with Crippen molar-refractivity contribution in [3.05, 3.63) is 48.3 Å². The molecule has 4 rings (SSSR count). The van der Waals surface area contributed by atoms with Crippen molar-refractivity contribution >= 4 is 19.9 Å². The number of pyridine rings is 1. The van der Waals surface area contributed by atoms with E-state index in [1.165, 1.54) is 6.33 Å². The summed E-state index contributed by atoms with van der Waals surface area (Å²) in [6, 6.07) is 4.04. The first-order chi connectivity index (χ1) is 16.5. The van der Waals surface area contributed by atoms with Crippen LogP contribution in [-0.4, -0.2) is 58.4 Å². The molecule has 0 bridgehead atoms. The van der Waals surface area contributed by atoms with Crippen molar-refractivity contribution in [2.75, 3.05) is 6.61 Å². The lowest BCUT2D eigenvalue weighted by molar-refractivity contribution is 0.00578. The average Bonchev–Trinajstić information content (AvgIpc) is 3.13. The maximum Gasteiger partial charge on any atom is 0.640 e. The molecule has 10 heteroatoms. The van der Waals surface area contributed by atoms with Crippen LogP contribution in [0, 0.1) is 5.41 Å². The largest absolute Gasteiger partial charge is 0.640 e. The summed E-state index contributed by atoms with van der Waals surface area (Å²) in [5.41, 5.74) is 0.599. The van der Waals surface area contributed by atoms with Crippen molar-refractivity contribution in [1.29, 1.82) is 0 Å². The molecule has 2 aliphatic rings. The SMILES string of the molecule is CC(C)(COB1OC(C)(C)C(C)(C)O1)C(c1cncnc1)c1ccc(B2OC(C)(C)C(C)(C)O2)cn1. The number of nitrogens with zero attached hydrogens (tertiary/aromatic N) is 3. The molecule has 4 heterocycles. The summed E-state index contributed by atoms with van der Waals surface area (Å²) in [7, 11) is -1.20. The van der Waals surface area contributed by atoms with Crippen LogP contribution in [0.1, 0.15) is 86.4 Å². The van der Waals surface area contributed by atoms with Gasteiger partial charge in [0.05, 0.1) is 22.4 Å². The van der Waals surface area contributed by atoms with E-state index in [9.17, 15) is 0 Å². The smallest absolute Gasteiger partial charge is 0.399 e. The molecule has 0 saturated carbocycles. The Morgan fingerprint density at radius 1 is 0.806 bits per heavy atom. The fourth-order valence-corrected chi connectivity index (χ4v) is 4.41. The Kier molecular flexibility index (Phi) is 6.93. The van der Waals surface area contributed by atoms with Crippen molar-refractivity contribution in [1.82, 2.24) is 15.0 Å². The molecule has 2 saturated heterocycles. The van der Waals surface area contributed by atoms with Gasteiger partial charge in [-0.15, -0.1) is 0 Å². The molecule has 0 radical (unpaired) electrons. The maximum absolute atomic E-state index is 6.20. The van der Waals surface area contributed by atoms with E-state index in [1.807, 2.05) is 86.1 Å². The Labute approximate surface area is 216 Å². The molecule has 1 atom stereocenters. The third-order valence-corrected chi connectivity index (χ3v) is 8.15. The van der Waals surface area contributed by atoms with Crippen molar-refractivity contribution in [2.24, 2.45) is 5.41 Å². The van der Waals surface area contributed by atoms with E-state index in [4.69, 9.17) is 28.3 Å². The molecule has 0 N–H and O–H groups in total. The molecule has 8 nitrogen and oxygen atoms in total. The van der Waals surface area contributed by atoms with E-state index >= 15 is 0 Å². The summed E-state index contributed by atoms with van der Waals surface area (Å²) in [4.78, 5) is 13.4. The first-order valence-corrected chi connectivity index (χ1v) is 12.6. The Balaban J connectivity index is 1.56. The van der Waals surface area contributed by atoms with E-state index in [2.05, 4.69) is 23.8 Å². The van der Waals surface area contributed by atoms with Crippen molar-refractivity contribution in [3.8, 4) is 0 Å². The predicted molar refractivity (Wildman–Crippen MR) is 140 cm³/mol. The van der Waals surface area contributed by atoms with Crippen LogP contribution in [0.3, 0.4) is 0 Å². The zero-order chi connectivity index (χ0) is 26.6. The van der Waals surface area contributed by atoms with Crippen LogP contribution < -0.4 is 5.46 Å². The van der Waals surface area contributed by atoms with E-state index in [0.717, 1.165) is 16.7 Å². The summed E-state index contributed by atoms with van der Waals surface area (Å²) in [5.74, 6) is -0.131. The van der Waals surface area contributed by atoms with E-state index in [0.29, 0.717) is 6.61 Å². The first-order valence-electron chi connectivity index (χ1n) is 12.6. The van der Waals surface area contributed by atoms with Crippen LogP contribution >= 0.6 is 0 Å². The maximum atomic E-state index is 6.20. The number of hydrogen-bond donors (Lipinski definition) is 0. The summed E-state index contributed by atoms with van der Waals surface area (Å²) in [5, 5.41) is 0. The number of aromatic nitrogens is 3.